The molecule has 0 radical (unpaired) electrons. The second-order valence-electron chi connectivity index (χ2n) is 6.42. The minimum atomic E-state index is -0.434. The molecule has 0 saturated carbocycles. The highest BCUT2D eigenvalue weighted by molar-refractivity contribution is 5.96. The van der Waals surface area contributed by atoms with E-state index < -0.39 is 4.92 Å². The molecule has 1 amide bonds. The molecule has 1 fully saturated rings. The van der Waals surface area contributed by atoms with Gasteiger partial charge in [-0.2, -0.15) is 0 Å². The minimum absolute atomic E-state index is 0.0157. The van der Waals surface area contributed by atoms with Crippen LogP contribution in [-0.4, -0.2) is 53.9 Å². The fraction of sp³-hybridized carbons (Fsp3) is 0.588. The first kappa shape index (κ1) is 17.4. The normalized spacial score (nSPS) is 17.7. The van der Waals surface area contributed by atoms with Gasteiger partial charge >= 0.3 is 0 Å². The lowest BCUT2D eigenvalue weighted by Gasteiger charge is -2.21. The lowest BCUT2D eigenvalue weighted by Crippen LogP contribution is -2.32. The number of hydrogen-bond donors (Lipinski definition) is 0. The SMILES string of the molecule is CCCN(C)CC1CCN(C(=O)c2ccc([N+](=O)[O-])cc2C)C1. The summed E-state index contributed by atoms with van der Waals surface area (Å²) in [5, 5.41) is 10.8. The van der Waals surface area contributed by atoms with Crippen molar-refractivity contribution < 1.29 is 9.72 Å². The van der Waals surface area contributed by atoms with Crippen LogP contribution in [0.2, 0.25) is 0 Å². The van der Waals surface area contributed by atoms with Crippen molar-refractivity contribution in [3.05, 3.63) is 39.4 Å². The highest BCUT2D eigenvalue weighted by atomic mass is 16.6. The highest BCUT2D eigenvalue weighted by Gasteiger charge is 2.28. The number of carbonyl (C=O) groups excluding carboxylic acids is 1. The van der Waals surface area contributed by atoms with Gasteiger partial charge in [-0.05, 0) is 50.9 Å². The van der Waals surface area contributed by atoms with Gasteiger partial charge in [0, 0.05) is 37.3 Å². The molecule has 2 rings (SSSR count). The molecule has 0 aromatic heterocycles. The number of non-ortho nitro benzene ring substituents is 1. The predicted molar refractivity (Wildman–Crippen MR) is 89.6 cm³/mol. The molecule has 0 spiro atoms. The van der Waals surface area contributed by atoms with Gasteiger partial charge in [-0.25, -0.2) is 0 Å². The minimum Gasteiger partial charge on any atom is -0.338 e. The van der Waals surface area contributed by atoms with Crippen LogP contribution < -0.4 is 0 Å². The van der Waals surface area contributed by atoms with Gasteiger partial charge in [0.05, 0.1) is 4.92 Å². The van der Waals surface area contributed by atoms with Gasteiger partial charge < -0.3 is 9.80 Å². The van der Waals surface area contributed by atoms with Crippen LogP contribution in [-0.2, 0) is 0 Å². The zero-order valence-electron chi connectivity index (χ0n) is 14.1. The Morgan fingerprint density at radius 3 is 2.83 bits per heavy atom. The lowest BCUT2D eigenvalue weighted by molar-refractivity contribution is -0.384. The van der Waals surface area contributed by atoms with E-state index in [4.69, 9.17) is 0 Å². The summed E-state index contributed by atoms with van der Waals surface area (Å²) in [6, 6.07) is 4.45. The smallest absolute Gasteiger partial charge is 0.269 e. The molecule has 6 nitrogen and oxygen atoms in total. The van der Waals surface area contributed by atoms with E-state index in [2.05, 4.69) is 18.9 Å². The molecular formula is C17H25N3O3. The summed E-state index contributed by atoms with van der Waals surface area (Å²) in [5.74, 6) is 0.492. The Labute approximate surface area is 137 Å². The summed E-state index contributed by atoms with van der Waals surface area (Å²) in [6.07, 6.45) is 2.15. The molecule has 6 heteroatoms. The lowest BCUT2D eigenvalue weighted by atomic mass is 10.1. The molecule has 0 aliphatic carbocycles. The third-order valence-corrected chi connectivity index (χ3v) is 4.40. The molecule has 0 bridgehead atoms. The average molecular weight is 319 g/mol. The van der Waals surface area contributed by atoms with E-state index >= 15 is 0 Å². The molecule has 1 heterocycles. The van der Waals surface area contributed by atoms with E-state index in [1.165, 1.54) is 12.1 Å². The van der Waals surface area contributed by atoms with Gasteiger partial charge in [-0.3, -0.25) is 14.9 Å². The van der Waals surface area contributed by atoms with E-state index in [1.807, 2.05) is 4.90 Å². The van der Waals surface area contributed by atoms with Crippen molar-refractivity contribution in [3.8, 4) is 0 Å². The number of likely N-dealkylation sites (tertiary alicyclic amines) is 1. The number of nitro benzene ring substituents is 1. The zero-order valence-corrected chi connectivity index (χ0v) is 14.1. The summed E-state index contributed by atoms with van der Waals surface area (Å²) in [5.41, 5.74) is 1.26. The average Bonchev–Trinajstić information content (AvgIpc) is 2.95. The molecule has 23 heavy (non-hydrogen) atoms. The summed E-state index contributed by atoms with van der Waals surface area (Å²) in [6.45, 7) is 7.53. The number of amides is 1. The Morgan fingerprint density at radius 2 is 2.22 bits per heavy atom. The van der Waals surface area contributed by atoms with Gasteiger partial charge in [0.25, 0.3) is 11.6 Å². The number of benzene rings is 1. The fourth-order valence-corrected chi connectivity index (χ4v) is 3.25. The van der Waals surface area contributed by atoms with Crippen LogP contribution in [0.15, 0.2) is 18.2 Å². The summed E-state index contributed by atoms with van der Waals surface area (Å²) in [7, 11) is 2.12. The fourth-order valence-electron chi connectivity index (χ4n) is 3.25. The molecular weight excluding hydrogens is 294 g/mol. The number of carbonyl (C=O) groups is 1. The number of nitrogens with zero attached hydrogens (tertiary/aromatic N) is 3. The Balaban J connectivity index is 2.00. The van der Waals surface area contributed by atoms with E-state index in [1.54, 1.807) is 13.0 Å². The molecule has 1 unspecified atom stereocenters. The van der Waals surface area contributed by atoms with Crippen molar-refractivity contribution in [2.45, 2.75) is 26.7 Å². The van der Waals surface area contributed by atoms with Crippen molar-refractivity contribution in [1.82, 2.24) is 9.80 Å². The molecule has 1 saturated heterocycles. The largest absolute Gasteiger partial charge is 0.338 e. The van der Waals surface area contributed by atoms with Crippen molar-refractivity contribution in [2.24, 2.45) is 5.92 Å². The van der Waals surface area contributed by atoms with E-state index in [0.717, 1.165) is 39.0 Å². The quantitative estimate of drug-likeness (QED) is 0.597. The number of aryl methyl sites for hydroxylation is 1. The number of nitro groups is 1. The van der Waals surface area contributed by atoms with E-state index in [0.29, 0.717) is 17.0 Å². The highest BCUT2D eigenvalue weighted by Crippen LogP contribution is 2.23. The first-order chi connectivity index (χ1) is 10.9. The molecule has 1 aromatic rings. The summed E-state index contributed by atoms with van der Waals surface area (Å²) in [4.78, 5) is 27.2. The first-order valence-corrected chi connectivity index (χ1v) is 8.15. The zero-order chi connectivity index (χ0) is 17.0. The van der Waals surface area contributed by atoms with E-state index in [-0.39, 0.29) is 11.6 Å². The summed E-state index contributed by atoms with van der Waals surface area (Å²) < 4.78 is 0. The Kier molecular flexibility index (Phi) is 5.71. The van der Waals surface area contributed by atoms with Gasteiger partial charge in [0.1, 0.15) is 0 Å². The van der Waals surface area contributed by atoms with E-state index in [9.17, 15) is 14.9 Å². The second-order valence-corrected chi connectivity index (χ2v) is 6.42. The van der Waals surface area contributed by atoms with Crippen LogP contribution in [0.4, 0.5) is 5.69 Å². The maximum Gasteiger partial charge on any atom is 0.269 e. The molecule has 1 atom stereocenters. The van der Waals surface area contributed by atoms with Crippen LogP contribution in [0.5, 0.6) is 0 Å². The van der Waals surface area contributed by atoms with Gasteiger partial charge in [-0.15, -0.1) is 0 Å². The van der Waals surface area contributed by atoms with Gasteiger partial charge in [0.2, 0.25) is 0 Å². The number of rotatable bonds is 6. The van der Waals surface area contributed by atoms with Gasteiger partial charge in [-0.1, -0.05) is 6.92 Å². The van der Waals surface area contributed by atoms with Crippen LogP contribution in [0.1, 0.15) is 35.7 Å². The first-order valence-electron chi connectivity index (χ1n) is 8.15. The van der Waals surface area contributed by atoms with Crippen molar-refractivity contribution in [3.63, 3.8) is 0 Å². The topological polar surface area (TPSA) is 66.7 Å². The Hall–Kier alpha value is -1.95. The monoisotopic (exact) mass is 319 g/mol. The Morgan fingerprint density at radius 1 is 1.48 bits per heavy atom. The second kappa shape index (κ2) is 7.55. The van der Waals surface area contributed by atoms with Crippen molar-refractivity contribution >= 4 is 11.6 Å². The van der Waals surface area contributed by atoms with Crippen LogP contribution >= 0.6 is 0 Å². The van der Waals surface area contributed by atoms with Gasteiger partial charge in [0.15, 0.2) is 0 Å². The third kappa shape index (κ3) is 4.28. The molecule has 1 aliphatic rings. The Bertz CT molecular complexity index is 588. The van der Waals surface area contributed by atoms with Crippen molar-refractivity contribution in [2.75, 3.05) is 33.2 Å². The predicted octanol–water partition coefficient (Wildman–Crippen LogP) is 2.71. The molecule has 1 aliphatic heterocycles. The third-order valence-electron chi connectivity index (χ3n) is 4.40. The van der Waals surface area contributed by atoms with Crippen LogP contribution in [0, 0.1) is 23.0 Å². The maximum absolute atomic E-state index is 12.6. The molecule has 126 valence electrons. The molecule has 1 aromatic carbocycles. The van der Waals surface area contributed by atoms with Crippen LogP contribution in [0.3, 0.4) is 0 Å². The van der Waals surface area contributed by atoms with Crippen molar-refractivity contribution in [1.29, 1.82) is 0 Å². The maximum atomic E-state index is 12.6. The summed E-state index contributed by atoms with van der Waals surface area (Å²) >= 11 is 0. The molecule has 0 N–H and O–H groups in total. The van der Waals surface area contributed by atoms with Crippen LogP contribution in [0.25, 0.3) is 0 Å². The number of hydrogen-bond acceptors (Lipinski definition) is 4. The standard InChI is InChI=1S/C17H25N3O3/c1-4-8-18(3)11-14-7-9-19(12-14)17(21)16-6-5-15(20(22)23)10-13(16)2/h5-6,10,14H,4,7-9,11-12H2,1-3H3.